The fraction of sp³-hybridized carbons (Fsp3) is 0.478. The average molecular weight is 432 g/mol. The highest BCUT2D eigenvalue weighted by Crippen LogP contribution is 2.36. The maximum atomic E-state index is 11.3. The van der Waals surface area contributed by atoms with Crippen LogP contribution in [0.2, 0.25) is 5.02 Å². The highest BCUT2D eigenvalue weighted by molar-refractivity contribution is 6.30. The Morgan fingerprint density at radius 2 is 2.07 bits per heavy atom. The van der Waals surface area contributed by atoms with Crippen molar-refractivity contribution in [1.82, 2.24) is 4.98 Å². The van der Waals surface area contributed by atoms with Crippen LogP contribution in [0, 0.1) is 0 Å². The number of hydrogen-bond donors (Lipinski definition) is 2. The van der Waals surface area contributed by atoms with E-state index in [1.165, 1.54) is 0 Å². The number of nitrogens with one attached hydrogen (secondary N) is 1. The van der Waals surface area contributed by atoms with Gasteiger partial charge in [-0.2, -0.15) is 0 Å². The molecule has 2 aromatic rings. The maximum Gasteiger partial charge on any atom is 0.303 e. The first-order valence-corrected chi connectivity index (χ1v) is 11.0. The molecule has 162 valence electrons. The van der Waals surface area contributed by atoms with E-state index in [9.17, 15) is 9.90 Å². The van der Waals surface area contributed by atoms with Crippen molar-refractivity contribution in [3.63, 3.8) is 0 Å². The van der Waals surface area contributed by atoms with Crippen molar-refractivity contribution in [1.29, 1.82) is 0 Å². The number of anilines is 3. The lowest BCUT2D eigenvalue weighted by Gasteiger charge is -2.36. The van der Waals surface area contributed by atoms with E-state index in [1.54, 1.807) is 12.3 Å². The molecule has 1 fully saturated rings. The minimum atomic E-state index is -0.780. The largest absolute Gasteiger partial charge is 0.481 e. The van der Waals surface area contributed by atoms with Crippen molar-refractivity contribution in [2.75, 3.05) is 30.0 Å². The van der Waals surface area contributed by atoms with Crippen molar-refractivity contribution in [2.45, 2.75) is 51.5 Å². The second kappa shape index (κ2) is 10.6. The van der Waals surface area contributed by atoms with Crippen LogP contribution >= 0.6 is 11.6 Å². The lowest BCUT2D eigenvalue weighted by Crippen LogP contribution is -2.39. The molecule has 1 atom stereocenters. The Morgan fingerprint density at radius 1 is 1.30 bits per heavy atom. The Labute approximate surface area is 183 Å². The molecular weight excluding hydrogens is 402 g/mol. The Hall–Kier alpha value is -2.31. The minimum Gasteiger partial charge on any atom is -0.481 e. The van der Waals surface area contributed by atoms with Gasteiger partial charge in [0.05, 0.1) is 22.8 Å². The van der Waals surface area contributed by atoms with Crippen molar-refractivity contribution in [2.24, 2.45) is 0 Å². The molecule has 1 saturated heterocycles. The summed E-state index contributed by atoms with van der Waals surface area (Å²) in [7, 11) is 0. The maximum absolute atomic E-state index is 11.3. The molecule has 6 nitrogen and oxygen atoms in total. The Bertz CT molecular complexity index is 838. The van der Waals surface area contributed by atoms with Crippen LogP contribution < -0.4 is 10.2 Å². The second-order valence-electron chi connectivity index (χ2n) is 7.60. The number of carbonyl (C=O) groups is 1. The van der Waals surface area contributed by atoms with Crippen LogP contribution in [0.1, 0.15) is 51.0 Å². The fourth-order valence-electron chi connectivity index (χ4n) is 4.08. The highest BCUT2D eigenvalue weighted by atomic mass is 35.5. The number of aliphatic carboxylic acids is 1. The second-order valence-corrected chi connectivity index (χ2v) is 8.03. The molecule has 3 rings (SSSR count). The van der Waals surface area contributed by atoms with Gasteiger partial charge >= 0.3 is 5.97 Å². The Balaban J connectivity index is 1.98. The van der Waals surface area contributed by atoms with Crippen molar-refractivity contribution >= 4 is 34.8 Å². The molecule has 30 heavy (non-hydrogen) atoms. The lowest BCUT2D eigenvalue weighted by atomic mass is 9.92. The summed E-state index contributed by atoms with van der Waals surface area (Å²) in [6.07, 6.45) is 4.48. The summed E-state index contributed by atoms with van der Waals surface area (Å²) >= 11 is 5.99. The Morgan fingerprint density at radius 3 is 2.67 bits per heavy atom. The third-order valence-corrected chi connectivity index (χ3v) is 5.90. The lowest BCUT2D eigenvalue weighted by molar-refractivity contribution is -0.137. The molecule has 0 aliphatic carbocycles. The van der Waals surface area contributed by atoms with Crippen molar-refractivity contribution in [3.05, 3.63) is 47.1 Å². The third kappa shape index (κ3) is 5.64. The number of aromatic nitrogens is 1. The van der Waals surface area contributed by atoms with Crippen LogP contribution in [0.15, 0.2) is 36.5 Å². The van der Waals surface area contributed by atoms with Gasteiger partial charge in [0, 0.05) is 32.0 Å². The first-order valence-electron chi connectivity index (χ1n) is 10.6. The first-order chi connectivity index (χ1) is 14.5. The van der Waals surface area contributed by atoms with E-state index < -0.39 is 5.97 Å². The molecule has 0 radical (unpaired) electrons. The summed E-state index contributed by atoms with van der Waals surface area (Å²) in [6.45, 7) is 6.61. The van der Waals surface area contributed by atoms with E-state index in [2.05, 4.69) is 40.3 Å². The number of carboxylic acids is 1. The van der Waals surface area contributed by atoms with Gasteiger partial charge < -0.3 is 20.1 Å². The monoisotopic (exact) mass is 431 g/mol. The molecule has 1 aliphatic heterocycles. The number of nitrogens with zero attached hydrogens (tertiary/aromatic N) is 2. The van der Waals surface area contributed by atoms with Gasteiger partial charge in [-0.15, -0.1) is 0 Å². The number of ether oxygens (including phenoxy) is 1. The first kappa shape index (κ1) is 22.4. The quantitative estimate of drug-likeness (QED) is 0.549. The number of carboxylic acid groups (broad SMARTS) is 1. The highest BCUT2D eigenvalue weighted by Gasteiger charge is 2.24. The summed E-state index contributed by atoms with van der Waals surface area (Å²) < 4.78 is 5.55. The summed E-state index contributed by atoms with van der Waals surface area (Å²) in [4.78, 5) is 18.1. The van der Waals surface area contributed by atoms with Gasteiger partial charge in [0.15, 0.2) is 0 Å². The molecular formula is C23H30ClN3O3. The molecule has 1 aliphatic rings. The summed E-state index contributed by atoms with van der Waals surface area (Å²) in [5.41, 5.74) is 3.04. The zero-order chi connectivity index (χ0) is 21.5. The van der Waals surface area contributed by atoms with E-state index >= 15 is 0 Å². The van der Waals surface area contributed by atoms with Crippen LogP contribution in [-0.2, 0) is 9.53 Å². The van der Waals surface area contributed by atoms with Gasteiger partial charge in [-0.25, -0.2) is 4.98 Å². The van der Waals surface area contributed by atoms with Crippen molar-refractivity contribution < 1.29 is 14.6 Å². The molecule has 0 amide bonds. The molecule has 2 N–H and O–H groups in total. The molecule has 2 heterocycles. The molecule has 1 aromatic heterocycles. The van der Waals surface area contributed by atoms with Crippen LogP contribution in [0.5, 0.6) is 0 Å². The number of rotatable bonds is 9. The molecule has 1 aromatic carbocycles. The van der Waals surface area contributed by atoms with E-state index in [4.69, 9.17) is 16.3 Å². The zero-order valence-corrected chi connectivity index (χ0v) is 18.4. The topological polar surface area (TPSA) is 74.7 Å². The predicted molar refractivity (Wildman–Crippen MR) is 121 cm³/mol. The molecule has 0 saturated carbocycles. The molecule has 7 heteroatoms. The van der Waals surface area contributed by atoms with Gasteiger partial charge in [0.1, 0.15) is 5.82 Å². The number of pyridine rings is 1. The van der Waals surface area contributed by atoms with Crippen LogP contribution in [-0.4, -0.2) is 41.9 Å². The van der Waals surface area contributed by atoms with Crippen molar-refractivity contribution in [3.8, 4) is 0 Å². The van der Waals surface area contributed by atoms with E-state index in [1.807, 2.05) is 13.0 Å². The smallest absolute Gasteiger partial charge is 0.303 e. The minimum absolute atomic E-state index is 0.0339. The van der Waals surface area contributed by atoms with Gasteiger partial charge in [-0.1, -0.05) is 24.6 Å². The number of benzene rings is 1. The fourth-order valence-corrected chi connectivity index (χ4v) is 4.19. The van der Waals surface area contributed by atoms with E-state index in [-0.39, 0.29) is 12.3 Å². The third-order valence-electron chi connectivity index (χ3n) is 5.68. The summed E-state index contributed by atoms with van der Waals surface area (Å²) in [6, 6.07) is 10.3. The van der Waals surface area contributed by atoms with E-state index in [0.717, 1.165) is 56.0 Å². The SMILES string of the molecule is CC[C@H](CC(=O)O)c1ccc(N(CC)C2CCOCC2)c(Nc2ccc(Cl)cn2)c1. The van der Waals surface area contributed by atoms with Crippen LogP contribution in [0.4, 0.5) is 17.2 Å². The van der Waals surface area contributed by atoms with E-state index in [0.29, 0.717) is 16.9 Å². The predicted octanol–water partition coefficient (Wildman–Crippen LogP) is 5.45. The van der Waals surface area contributed by atoms with Gasteiger partial charge in [-0.3, -0.25) is 4.79 Å². The standard InChI is InChI=1S/C23H30ClN3O3/c1-3-16(14-23(28)29)17-5-7-21(27(4-2)19-9-11-30-12-10-19)20(13-17)26-22-8-6-18(24)15-25-22/h5-8,13,15-16,19H,3-4,9-12,14H2,1-2H3,(H,25,26)(H,28,29)/t16-/m1/s1. The van der Waals surface area contributed by atoms with Gasteiger partial charge in [0.2, 0.25) is 0 Å². The van der Waals surface area contributed by atoms with Gasteiger partial charge in [-0.05, 0) is 61.9 Å². The van der Waals surface area contributed by atoms with Crippen LogP contribution in [0.25, 0.3) is 0 Å². The molecule has 0 bridgehead atoms. The normalized spacial score (nSPS) is 15.6. The zero-order valence-electron chi connectivity index (χ0n) is 17.6. The average Bonchev–Trinajstić information content (AvgIpc) is 2.76. The summed E-state index contributed by atoms with van der Waals surface area (Å²) in [5.74, 6) is -0.113. The number of hydrogen-bond acceptors (Lipinski definition) is 5. The van der Waals surface area contributed by atoms with Crippen LogP contribution in [0.3, 0.4) is 0 Å². The molecule has 0 unspecified atom stereocenters. The number of halogens is 1. The Kier molecular flexibility index (Phi) is 7.94. The summed E-state index contributed by atoms with van der Waals surface area (Å²) in [5, 5.41) is 13.3. The molecule has 0 spiro atoms. The van der Waals surface area contributed by atoms with Gasteiger partial charge in [0.25, 0.3) is 0 Å².